The molecular formula is C10H13N5O2S. The number of sulfonamides is 1. The summed E-state index contributed by atoms with van der Waals surface area (Å²) in [5, 5.41) is 12.4. The molecule has 0 bridgehead atoms. The van der Waals surface area contributed by atoms with Crippen LogP contribution in [0, 0.1) is 6.92 Å². The average molecular weight is 267 g/mol. The molecule has 0 aliphatic carbocycles. The number of nitrogens with zero attached hydrogens (tertiary/aromatic N) is 4. The standard InChI is InChI=1S/C10H13N5O2S/c1-3-15-9(8-5-4-6-12-7(8)2)13-14-10(15)18(11,16)17/h4-6H,3H2,1-2H3,(H2,11,16,17). The van der Waals surface area contributed by atoms with Crippen LogP contribution in [0.15, 0.2) is 23.5 Å². The SMILES string of the molecule is CCn1c(-c2cccnc2C)nnc1S(N)(=O)=O. The number of hydrogen-bond donors (Lipinski definition) is 1. The van der Waals surface area contributed by atoms with E-state index in [1.54, 1.807) is 19.2 Å². The van der Waals surface area contributed by atoms with Gasteiger partial charge in [-0.1, -0.05) is 0 Å². The summed E-state index contributed by atoms with van der Waals surface area (Å²) in [4.78, 5) is 4.14. The maximum absolute atomic E-state index is 11.4. The van der Waals surface area contributed by atoms with Crippen LogP contribution in [0.2, 0.25) is 0 Å². The summed E-state index contributed by atoms with van der Waals surface area (Å²) >= 11 is 0. The molecule has 0 amide bonds. The van der Waals surface area contributed by atoms with Gasteiger partial charge in [-0.25, -0.2) is 13.6 Å². The summed E-state index contributed by atoms with van der Waals surface area (Å²) in [5.41, 5.74) is 1.49. The van der Waals surface area contributed by atoms with Crippen LogP contribution in [0.4, 0.5) is 0 Å². The first-order chi connectivity index (χ1) is 8.45. The van der Waals surface area contributed by atoms with Crippen molar-refractivity contribution in [2.75, 3.05) is 0 Å². The van der Waals surface area contributed by atoms with Crippen LogP contribution in [0.1, 0.15) is 12.6 Å². The Morgan fingerprint density at radius 3 is 2.67 bits per heavy atom. The van der Waals surface area contributed by atoms with Gasteiger partial charge in [0, 0.05) is 24.0 Å². The van der Waals surface area contributed by atoms with Gasteiger partial charge in [0.2, 0.25) is 0 Å². The number of rotatable bonds is 3. The Bertz CT molecular complexity index is 677. The fraction of sp³-hybridized carbons (Fsp3) is 0.300. The van der Waals surface area contributed by atoms with E-state index in [-0.39, 0.29) is 5.16 Å². The van der Waals surface area contributed by atoms with Gasteiger partial charge in [0.25, 0.3) is 15.2 Å². The number of pyridine rings is 1. The highest BCUT2D eigenvalue weighted by Crippen LogP contribution is 2.21. The molecule has 7 nitrogen and oxygen atoms in total. The summed E-state index contributed by atoms with van der Waals surface area (Å²) in [7, 11) is -3.88. The van der Waals surface area contributed by atoms with Crippen molar-refractivity contribution in [3.63, 3.8) is 0 Å². The molecule has 0 atom stereocenters. The van der Waals surface area contributed by atoms with E-state index in [9.17, 15) is 8.42 Å². The zero-order chi connectivity index (χ0) is 13.3. The van der Waals surface area contributed by atoms with Gasteiger partial charge < -0.3 is 0 Å². The Labute approximate surface area is 105 Å². The van der Waals surface area contributed by atoms with Crippen molar-refractivity contribution in [3.05, 3.63) is 24.0 Å². The van der Waals surface area contributed by atoms with E-state index in [1.165, 1.54) is 4.57 Å². The third kappa shape index (κ3) is 2.12. The number of aryl methyl sites for hydroxylation is 1. The van der Waals surface area contributed by atoms with E-state index < -0.39 is 10.0 Å². The first-order valence-corrected chi connectivity index (χ1v) is 6.87. The number of hydrogen-bond acceptors (Lipinski definition) is 5. The lowest BCUT2D eigenvalue weighted by Crippen LogP contribution is -2.18. The van der Waals surface area contributed by atoms with Crippen LogP contribution >= 0.6 is 0 Å². The van der Waals surface area contributed by atoms with Gasteiger partial charge in [-0.3, -0.25) is 9.55 Å². The highest BCUT2D eigenvalue weighted by atomic mass is 32.2. The Morgan fingerprint density at radius 1 is 1.39 bits per heavy atom. The molecule has 0 unspecified atom stereocenters. The quantitative estimate of drug-likeness (QED) is 0.862. The number of aromatic nitrogens is 4. The molecule has 2 rings (SSSR count). The summed E-state index contributed by atoms with van der Waals surface area (Å²) in [5.74, 6) is 0.451. The molecule has 8 heteroatoms. The Kier molecular flexibility index (Phi) is 3.14. The van der Waals surface area contributed by atoms with Gasteiger partial charge in [0.1, 0.15) is 0 Å². The highest BCUT2D eigenvalue weighted by molar-refractivity contribution is 7.89. The zero-order valence-corrected chi connectivity index (χ0v) is 10.8. The van der Waals surface area contributed by atoms with Crippen molar-refractivity contribution in [2.24, 2.45) is 5.14 Å². The minimum atomic E-state index is -3.88. The lowest BCUT2D eigenvalue weighted by Gasteiger charge is -2.07. The van der Waals surface area contributed by atoms with Crippen molar-refractivity contribution in [1.29, 1.82) is 0 Å². The Hall–Kier alpha value is -1.80. The van der Waals surface area contributed by atoms with Crippen LogP contribution in [0.25, 0.3) is 11.4 Å². The fourth-order valence-corrected chi connectivity index (χ4v) is 2.38. The molecule has 0 radical (unpaired) electrons. The molecule has 2 heterocycles. The molecule has 0 saturated carbocycles. The maximum atomic E-state index is 11.4. The average Bonchev–Trinajstić information content (AvgIpc) is 2.72. The van der Waals surface area contributed by atoms with E-state index in [4.69, 9.17) is 5.14 Å². The molecule has 18 heavy (non-hydrogen) atoms. The molecular weight excluding hydrogens is 254 g/mol. The van der Waals surface area contributed by atoms with Gasteiger partial charge in [-0.15, -0.1) is 10.2 Å². The van der Waals surface area contributed by atoms with E-state index in [2.05, 4.69) is 15.2 Å². The van der Waals surface area contributed by atoms with Gasteiger partial charge in [-0.05, 0) is 26.0 Å². The van der Waals surface area contributed by atoms with Crippen LogP contribution in [0.5, 0.6) is 0 Å². The minimum Gasteiger partial charge on any atom is -0.297 e. The fourth-order valence-electron chi connectivity index (χ4n) is 1.70. The molecule has 2 N–H and O–H groups in total. The summed E-state index contributed by atoms with van der Waals surface area (Å²) in [6.07, 6.45) is 1.66. The molecule has 0 aliphatic heterocycles. The van der Waals surface area contributed by atoms with Crippen LogP contribution in [0.3, 0.4) is 0 Å². The topological polar surface area (TPSA) is 104 Å². The van der Waals surface area contributed by atoms with E-state index in [1.807, 2.05) is 13.0 Å². The van der Waals surface area contributed by atoms with Crippen molar-refractivity contribution in [3.8, 4) is 11.4 Å². The van der Waals surface area contributed by atoms with E-state index >= 15 is 0 Å². The Morgan fingerprint density at radius 2 is 2.11 bits per heavy atom. The van der Waals surface area contributed by atoms with Gasteiger partial charge in [-0.2, -0.15) is 0 Å². The monoisotopic (exact) mass is 267 g/mol. The third-order valence-corrected chi connectivity index (χ3v) is 3.35. The Balaban J connectivity index is 2.68. The van der Waals surface area contributed by atoms with Crippen molar-refractivity contribution in [2.45, 2.75) is 25.5 Å². The summed E-state index contributed by atoms with van der Waals surface area (Å²) < 4.78 is 24.2. The molecule has 96 valence electrons. The van der Waals surface area contributed by atoms with E-state index in [0.29, 0.717) is 12.4 Å². The molecule has 0 fully saturated rings. The second-order valence-electron chi connectivity index (χ2n) is 3.73. The molecule has 0 saturated heterocycles. The number of nitrogens with two attached hydrogens (primary N) is 1. The normalized spacial score (nSPS) is 11.7. The molecule has 0 aromatic carbocycles. The first-order valence-electron chi connectivity index (χ1n) is 5.33. The second kappa shape index (κ2) is 4.46. The highest BCUT2D eigenvalue weighted by Gasteiger charge is 2.21. The second-order valence-corrected chi connectivity index (χ2v) is 5.19. The van der Waals surface area contributed by atoms with Crippen LogP contribution < -0.4 is 5.14 Å². The third-order valence-electron chi connectivity index (χ3n) is 2.54. The smallest absolute Gasteiger partial charge is 0.273 e. The lowest BCUT2D eigenvalue weighted by atomic mass is 10.2. The molecule has 0 spiro atoms. The van der Waals surface area contributed by atoms with Gasteiger partial charge in [0.05, 0.1) is 0 Å². The van der Waals surface area contributed by atoms with Gasteiger partial charge >= 0.3 is 0 Å². The molecule has 2 aromatic heterocycles. The summed E-state index contributed by atoms with van der Waals surface area (Å²) in [6, 6.07) is 3.57. The largest absolute Gasteiger partial charge is 0.297 e. The van der Waals surface area contributed by atoms with Gasteiger partial charge in [0.15, 0.2) is 5.82 Å². The predicted octanol–water partition coefficient (Wildman–Crippen LogP) is 0.316. The van der Waals surface area contributed by atoms with Crippen LogP contribution in [-0.4, -0.2) is 28.2 Å². The summed E-state index contributed by atoms with van der Waals surface area (Å²) in [6.45, 7) is 4.02. The lowest BCUT2D eigenvalue weighted by molar-refractivity contribution is 0.570. The van der Waals surface area contributed by atoms with Crippen molar-refractivity contribution < 1.29 is 8.42 Å². The van der Waals surface area contributed by atoms with Crippen molar-refractivity contribution >= 4 is 10.0 Å². The van der Waals surface area contributed by atoms with Crippen molar-refractivity contribution in [1.82, 2.24) is 19.7 Å². The van der Waals surface area contributed by atoms with Crippen LogP contribution in [-0.2, 0) is 16.6 Å². The number of primary sulfonamides is 1. The molecule has 2 aromatic rings. The first kappa shape index (κ1) is 12.7. The van der Waals surface area contributed by atoms with E-state index in [0.717, 1.165) is 11.3 Å². The zero-order valence-electron chi connectivity index (χ0n) is 10.0. The predicted molar refractivity (Wildman–Crippen MR) is 65.0 cm³/mol. The maximum Gasteiger partial charge on any atom is 0.273 e. The molecule has 0 aliphatic rings. The minimum absolute atomic E-state index is 0.233.